The lowest BCUT2D eigenvalue weighted by atomic mass is 10.1. The van der Waals surface area contributed by atoms with Gasteiger partial charge in [-0.2, -0.15) is 0 Å². The summed E-state index contributed by atoms with van der Waals surface area (Å²) in [4.78, 5) is 0. The van der Waals surface area contributed by atoms with E-state index in [0.717, 1.165) is 31.7 Å². The molecule has 96 valence electrons. The van der Waals surface area contributed by atoms with Crippen molar-refractivity contribution in [2.24, 2.45) is 11.7 Å². The Hall–Kier alpha value is -1.02. The third-order valence-electron chi connectivity index (χ3n) is 2.88. The maximum absolute atomic E-state index is 5.81. The van der Waals surface area contributed by atoms with Gasteiger partial charge >= 0.3 is 0 Å². The Morgan fingerprint density at radius 1 is 1.35 bits per heavy atom. The molecule has 0 bridgehead atoms. The van der Waals surface area contributed by atoms with Crippen molar-refractivity contribution < 1.29 is 4.74 Å². The highest BCUT2D eigenvalue weighted by Crippen LogP contribution is 2.16. The van der Waals surface area contributed by atoms with Crippen LogP contribution in [0, 0.1) is 5.92 Å². The van der Waals surface area contributed by atoms with Crippen molar-refractivity contribution in [2.75, 3.05) is 13.2 Å². The van der Waals surface area contributed by atoms with Gasteiger partial charge in [-0.3, -0.25) is 0 Å². The summed E-state index contributed by atoms with van der Waals surface area (Å²) in [5.74, 6) is 1.62. The number of hydrogen-bond donors (Lipinski definition) is 1. The van der Waals surface area contributed by atoms with Crippen molar-refractivity contribution >= 4 is 0 Å². The van der Waals surface area contributed by atoms with Crippen LogP contribution in [0.3, 0.4) is 0 Å². The van der Waals surface area contributed by atoms with Gasteiger partial charge in [-0.25, -0.2) is 0 Å². The molecule has 0 saturated carbocycles. The Kier molecular flexibility index (Phi) is 6.71. The van der Waals surface area contributed by atoms with E-state index < -0.39 is 0 Å². The maximum Gasteiger partial charge on any atom is 0.119 e. The van der Waals surface area contributed by atoms with Gasteiger partial charge in [0.15, 0.2) is 0 Å². The van der Waals surface area contributed by atoms with E-state index in [0.29, 0.717) is 5.92 Å². The number of benzene rings is 1. The lowest BCUT2D eigenvalue weighted by Crippen LogP contribution is -2.08. The van der Waals surface area contributed by atoms with Crippen molar-refractivity contribution in [1.29, 1.82) is 0 Å². The Morgan fingerprint density at radius 2 is 2.18 bits per heavy atom. The van der Waals surface area contributed by atoms with E-state index in [1.54, 1.807) is 0 Å². The van der Waals surface area contributed by atoms with Crippen LogP contribution < -0.4 is 10.5 Å². The fourth-order valence-electron chi connectivity index (χ4n) is 1.91. The van der Waals surface area contributed by atoms with Crippen LogP contribution in [0.1, 0.15) is 38.7 Å². The largest absolute Gasteiger partial charge is 0.493 e. The zero-order valence-electron chi connectivity index (χ0n) is 11.1. The fourth-order valence-corrected chi connectivity index (χ4v) is 1.91. The molecule has 1 atom stereocenters. The summed E-state index contributed by atoms with van der Waals surface area (Å²) >= 11 is 0. The van der Waals surface area contributed by atoms with Gasteiger partial charge in [0.2, 0.25) is 0 Å². The smallest absolute Gasteiger partial charge is 0.119 e. The second-order valence-electron chi connectivity index (χ2n) is 4.74. The number of aryl methyl sites for hydroxylation is 1. The molecule has 0 aromatic heterocycles. The third kappa shape index (κ3) is 5.73. The molecule has 0 amide bonds. The zero-order chi connectivity index (χ0) is 12.5. The average Bonchev–Trinajstić information content (AvgIpc) is 2.35. The van der Waals surface area contributed by atoms with Crippen LogP contribution in [0.5, 0.6) is 5.75 Å². The van der Waals surface area contributed by atoms with Crippen LogP contribution in [-0.2, 0) is 6.42 Å². The molecule has 0 radical (unpaired) electrons. The minimum atomic E-state index is 0.632. The first-order valence-electron chi connectivity index (χ1n) is 6.68. The number of ether oxygens (including phenoxy) is 1. The molecule has 0 fully saturated rings. The maximum atomic E-state index is 5.81. The SMILES string of the molecule is CCCC(C)COc1cccc(CCCN)c1. The van der Waals surface area contributed by atoms with Crippen LogP contribution >= 0.6 is 0 Å². The minimum absolute atomic E-state index is 0.632. The Morgan fingerprint density at radius 3 is 2.88 bits per heavy atom. The van der Waals surface area contributed by atoms with Crippen LogP contribution in [-0.4, -0.2) is 13.2 Å². The van der Waals surface area contributed by atoms with E-state index in [2.05, 4.69) is 32.0 Å². The molecule has 0 saturated heterocycles. The Balaban J connectivity index is 2.42. The molecular formula is C15H25NO. The van der Waals surface area contributed by atoms with Gasteiger partial charge in [0, 0.05) is 0 Å². The summed E-state index contributed by atoms with van der Waals surface area (Å²) in [7, 11) is 0. The highest BCUT2D eigenvalue weighted by molar-refractivity contribution is 5.28. The van der Waals surface area contributed by atoms with Crippen LogP contribution in [0.25, 0.3) is 0 Å². The van der Waals surface area contributed by atoms with Crippen molar-refractivity contribution in [3.63, 3.8) is 0 Å². The lowest BCUT2D eigenvalue weighted by Gasteiger charge is -2.12. The fraction of sp³-hybridized carbons (Fsp3) is 0.600. The zero-order valence-corrected chi connectivity index (χ0v) is 11.1. The van der Waals surface area contributed by atoms with Crippen LogP contribution in [0.4, 0.5) is 0 Å². The van der Waals surface area contributed by atoms with Gasteiger partial charge in [-0.05, 0) is 49.4 Å². The number of nitrogens with two attached hydrogens (primary N) is 1. The first-order chi connectivity index (χ1) is 8.26. The molecule has 2 heteroatoms. The van der Waals surface area contributed by atoms with Gasteiger partial charge in [0.1, 0.15) is 5.75 Å². The van der Waals surface area contributed by atoms with E-state index in [4.69, 9.17) is 10.5 Å². The average molecular weight is 235 g/mol. The number of hydrogen-bond acceptors (Lipinski definition) is 2. The molecular weight excluding hydrogens is 210 g/mol. The molecule has 0 heterocycles. The molecule has 1 aromatic rings. The van der Waals surface area contributed by atoms with Crippen LogP contribution in [0.15, 0.2) is 24.3 Å². The summed E-state index contributed by atoms with van der Waals surface area (Å²) < 4.78 is 5.81. The summed E-state index contributed by atoms with van der Waals surface area (Å²) in [6, 6.07) is 8.36. The second kappa shape index (κ2) is 8.13. The van der Waals surface area contributed by atoms with Crippen molar-refractivity contribution in [1.82, 2.24) is 0 Å². The van der Waals surface area contributed by atoms with E-state index in [-0.39, 0.29) is 0 Å². The van der Waals surface area contributed by atoms with E-state index in [1.807, 2.05) is 6.07 Å². The molecule has 0 aliphatic carbocycles. The highest BCUT2D eigenvalue weighted by atomic mass is 16.5. The van der Waals surface area contributed by atoms with Gasteiger partial charge in [0.25, 0.3) is 0 Å². The van der Waals surface area contributed by atoms with E-state index in [1.165, 1.54) is 18.4 Å². The second-order valence-corrected chi connectivity index (χ2v) is 4.74. The molecule has 1 rings (SSSR count). The first-order valence-corrected chi connectivity index (χ1v) is 6.68. The summed E-state index contributed by atoms with van der Waals surface area (Å²) in [5, 5.41) is 0. The predicted molar refractivity (Wildman–Crippen MR) is 73.4 cm³/mol. The lowest BCUT2D eigenvalue weighted by molar-refractivity contribution is 0.251. The topological polar surface area (TPSA) is 35.2 Å². The van der Waals surface area contributed by atoms with Crippen molar-refractivity contribution in [3.8, 4) is 5.75 Å². The first kappa shape index (κ1) is 14.0. The molecule has 0 spiro atoms. The molecule has 0 aliphatic rings. The van der Waals surface area contributed by atoms with Crippen molar-refractivity contribution in [3.05, 3.63) is 29.8 Å². The molecule has 2 nitrogen and oxygen atoms in total. The summed E-state index contributed by atoms with van der Waals surface area (Å²) in [5.41, 5.74) is 6.83. The molecule has 1 aromatic carbocycles. The monoisotopic (exact) mass is 235 g/mol. The summed E-state index contributed by atoms with van der Waals surface area (Å²) in [6.07, 6.45) is 4.53. The molecule has 2 N–H and O–H groups in total. The molecule has 17 heavy (non-hydrogen) atoms. The van der Waals surface area contributed by atoms with Crippen molar-refractivity contribution in [2.45, 2.75) is 39.5 Å². The van der Waals surface area contributed by atoms with Gasteiger partial charge in [-0.1, -0.05) is 32.4 Å². The standard InChI is InChI=1S/C15H25NO/c1-3-6-13(2)12-17-15-9-4-7-14(11-15)8-5-10-16/h4,7,9,11,13H,3,5-6,8,10,12,16H2,1-2H3. The van der Waals surface area contributed by atoms with Gasteiger partial charge in [0.05, 0.1) is 6.61 Å². The Labute approximate surface area is 105 Å². The highest BCUT2D eigenvalue weighted by Gasteiger charge is 2.02. The number of rotatable bonds is 8. The predicted octanol–water partition coefficient (Wildman–Crippen LogP) is 3.39. The van der Waals surface area contributed by atoms with E-state index >= 15 is 0 Å². The molecule has 0 aliphatic heterocycles. The van der Waals surface area contributed by atoms with Crippen LogP contribution in [0.2, 0.25) is 0 Å². The van der Waals surface area contributed by atoms with Gasteiger partial charge in [-0.15, -0.1) is 0 Å². The van der Waals surface area contributed by atoms with Gasteiger partial charge < -0.3 is 10.5 Å². The van der Waals surface area contributed by atoms with E-state index in [9.17, 15) is 0 Å². The quantitative estimate of drug-likeness (QED) is 0.749. The normalized spacial score (nSPS) is 12.4. The third-order valence-corrected chi connectivity index (χ3v) is 2.88. The summed E-state index contributed by atoms with van der Waals surface area (Å²) in [6.45, 7) is 6.01. The molecule has 1 unspecified atom stereocenters. The Bertz CT molecular complexity index is 312. The minimum Gasteiger partial charge on any atom is -0.493 e.